The molecule has 1 aromatic carbocycles. The van der Waals surface area contributed by atoms with E-state index in [0.29, 0.717) is 0 Å². The highest BCUT2D eigenvalue weighted by Crippen LogP contribution is 2.19. The van der Waals surface area contributed by atoms with E-state index in [0.717, 1.165) is 5.56 Å². The second-order valence-electron chi connectivity index (χ2n) is 4.34. The molecule has 20 heavy (non-hydrogen) atoms. The quantitative estimate of drug-likeness (QED) is 0.793. The SMILES string of the molecule is Cc1ccc(S(=O)(=O)N(CCO)[C@@H](C)C=C=CBr)cc1. The summed E-state index contributed by atoms with van der Waals surface area (Å²) >= 11 is 3.08. The minimum absolute atomic E-state index is 0.0395. The van der Waals surface area contributed by atoms with E-state index in [9.17, 15) is 8.42 Å². The smallest absolute Gasteiger partial charge is 0.243 e. The molecule has 4 nitrogen and oxygen atoms in total. The number of aliphatic hydroxyl groups is 1. The molecular formula is C14H18BrNO3S. The van der Waals surface area contributed by atoms with Crippen molar-refractivity contribution >= 4 is 26.0 Å². The Hall–Kier alpha value is -0.910. The first kappa shape index (κ1) is 17.1. The first-order chi connectivity index (χ1) is 9.43. The van der Waals surface area contributed by atoms with Gasteiger partial charge in [0, 0.05) is 17.6 Å². The van der Waals surface area contributed by atoms with E-state index in [1.807, 2.05) is 6.92 Å². The van der Waals surface area contributed by atoms with Crippen LogP contribution < -0.4 is 0 Å². The third-order valence-corrected chi connectivity index (χ3v) is 5.07. The lowest BCUT2D eigenvalue weighted by Gasteiger charge is -2.25. The molecule has 0 radical (unpaired) electrons. The van der Waals surface area contributed by atoms with Crippen LogP contribution in [-0.2, 0) is 10.0 Å². The van der Waals surface area contributed by atoms with E-state index >= 15 is 0 Å². The number of benzene rings is 1. The van der Waals surface area contributed by atoms with Crippen LogP contribution in [0.25, 0.3) is 0 Å². The first-order valence-corrected chi connectivity index (χ1v) is 8.49. The van der Waals surface area contributed by atoms with Gasteiger partial charge in [0.1, 0.15) is 0 Å². The number of rotatable bonds is 6. The molecule has 110 valence electrons. The number of aliphatic hydroxyl groups excluding tert-OH is 1. The molecule has 0 amide bonds. The van der Waals surface area contributed by atoms with Gasteiger partial charge in [-0.25, -0.2) is 8.42 Å². The van der Waals surface area contributed by atoms with Crippen molar-refractivity contribution in [1.29, 1.82) is 0 Å². The molecule has 0 unspecified atom stereocenters. The zero-order valence-electron chi connectivity index (χ0n) is 11.5. The van der Waals surface area contributed by atoms with Crippen LogP contribution in [0.1, 0.15) is 12.5 Å². The molecule has 6 heteroatoms. The van der Waals surface area contributed by atoms with E-state index in [1.54, 1.807) is 37.3 Å². The maximum Gasteiger partial charge on any atom is 0.243 e. The van der Waals surface area contributed by atoms with Gasteiger partial charge in [-0.1, -0.05) is 33.6 Å². The van der Waals surface area contributed by atoms with Crippen molar-refractivity contribution in [3.63, 3.8) is 0 Å². The molecule has 1 aromatic rings. The largest absolute Gasteiger partial charge is 0.395 e. The second kappa shape index (κ2) is 7.76. The van der Waals surface area contributed by atoms with Crippen molar-refractivity contribution < 1.29 is 13.5 Å². The minimum Gasteiger partial charge on any atom is -0.395 e. The normalized spacial score (nSPS) is 12.8. The van der Waals surface area contributed by atoms with Gasteiger partial charge in [0.05, 0.1) is 11.5 Å². The van der Waals surface area contributed by atoms with Gasteiger partial charge in [0.15, 0.2) is 0 Å². The van der Waals surface area contributed by atoms with Crippen LogP contribution in [0.3, 0.4) is 0 Å². The van der Waals surface area contributed by atoms with E-state index < -0.39 is 16.1 Å². The fraction of sp³-hybridized carbons (Fsp3) is 0.357. The summed E-state index contributed by atoms with van der Waals surface area (Å²) in [5, 5.41) is 9.11. The molecule has 0 saturated heterocycles. The topological polar surface area (TPSA) is 57.6 Å². The van der Waals surface area contributed by atoms with E-state index in [2.05, 4.69) is 21.7 Å². The summed E-state index contributed by atoms with van der Waals surface area (Å²) in [6.07, 6.45) is 1.62. The van der Waals surface area contributed by atoms with Gasteiger partial charge in [-0.05, 0) is 32.1 Å². The Kier molecular flexibility index (Phi) is 6.65. The maximum absolute atomic E-state index is 12.6. The molecule has 1 N–H and O–H groups in total. The van der Waals surface area contributed by atoms with Crippen molar-refractivity contribution in [2.24, 2.45) is 0 Å². The Morgan fingerprint density at radius 1 is 1.40 bits per heavy atom. The van der Waals surface area contributed by atoms with Crippen molar-refractivity contribution in [3.05, 3.63) is 46.6 Å². The Labute approximate surface area is 128 Å². The van der Waals surface area contributed by atoms with Crippen LogP contribution in [0.2, 0.25) is 0 Å². The molecular weight excluding hydrogens is 342 g/mol. The number of nitrogens with zero attached hydrogens (tertiary/aromatic N) is 1. The summed E-state index contributed by atoms with van der Waals surface area (Å²) in [7, 11) is -3.64. The van der Waals surface area contributed by atoms with Crippen LogP contribution in [0.4, 0.5) is 0 Å². The minimum atomic E-state index is -3.64. The van der Waals surface area contributed by atoms with Gasteiger partial charge in [-0.15, -0.1) is 5.73 Å². The number of hydrogen-bond acceptors (Lipinski definition) is 3. The summed E-state index contributed by atoms with van der Waals surface area (Å²) in [5.41, 5.74) is 3.79. The Morgan fingerprint density at radius 2 is 2.00 bits per heavy atom. The lowest BCUT2D eigenvalue weighted by molar-refractivity contribution is 0.243. The molecule has 0 aliphatic rings. The molecule has 0 heterocycles. The van der Waals surface area contributed by atoms with Crippen LogP contribution >= 0.6 is 15.9 Å². The summed E-state index contributed by atoms with van der Waals surface area (Å²) in [6.45, 7) is 3.44. The first-order valence-electron chi connectivity index (χ1n) is 6.14. The molecule has 0 bridgehead atoms. The van der Waals surface area contributed by atoms with Gasteiger partial charge in [0.2, 0.25) is 10.0 Å². The fourth-order valence-electron chi connectivity index (χ4n) is 1.75. The van der Waals surface area contributed by atoms with Crippen molar-refractivity contribution in [2.45, 2.75) is 24.8 Å². The Morgan fingerprint density at radius 3 is 2.50 bits per heavy atom. The predicted octanol–water partition coefficient (Wildman–Crippen LogP) is 2.43. The van der Waals surface area contributed by atoms with Crippen molar-refractivity contribution in [1.82, 2.24) is 4.31 Å². The molecule has 0 aliphatic heterocycles. The van der Waals surface area contributed by atoms with Gasteiger partial charge in [-0.2, -0.15) is 4.31 Å². The van der Waals surface area contributed by atoms with Gasteiger partial charge >= 0.3 is 0 Å². The van der Waals surface area contributed by atoms with E-state index in [1.165, 1.54) is 9.29 Å². The van der Waals surface area contributed by atoms with Crippen LogP contribution in [0, 0.1) is 6.92 Å². The summed E-state index contributed by atoms with van der Waals surface area (Å²) < 4.78 is 26.4. The maximum atomic E-state index is 12.6. The van der Waals surface area contributed by atoms with Crippen molar-refractivity contribution in [3.8, 4) is 0 Å². The monoisotopic (exact) mass is 359 g/mol. The van der Waals surface area contributed by atoms with Crippen LogP contribution in [-0.4, -0.2) is 37.0 Å². The van der Waals surface area contributed by atoms with Crippen LogP contribution in [0.15, 0.2) is 46.0 Å². The third-order valence-electron chi connectivity index (χ3n) is 2.80. The lowest BCUT2D eigenvalue weighted by atomic mass is 10.2. The average molecular weight is 360 g/mol. The summed E-state index contributed by atoms with van der Waals surface area (Å²) in [5.74, 6) is 0. The van der Waals surface area contributed by atoms with Gasteiger partial charge in [0.25, 0.3) is 0 Å². The zero-order valence-corrected chi connectivity index (χ0v) is 13.9. The number of hydrogen-bond donors (Lipinski definition) is 1. The molecule has 0 aliphatic carbocycles. The number of halogens is 1. The van der Waals surface area contributed by atoms with Gasteiger partial charge < -0.3 is 5.11 Å². The average Bonchev–Trinajstić information content (AvgIpc) is 2.42. The highest BCUT2D eigenvalue weighted by atomic mass is 79.9. The molecule has 0 spiro atoms. The predicted molar refractivity (Wildman–Crippen MR) is 83.2 cm³/mol. The van der Waals surface area contributed by atoms with Crippen LogP contribution in [0.5, 0.6) is 0 Å². The number of aryl methyl sites for hydroxylation is 1. The standard InChI is InChI=1S/C14H18BrNO3S/c1-12-5-7-14(8-6-12)20(18,19)16(10-11-17)13(2)4-3-9-15/h4-9,13,17H,10-11H2,1-2H3/t3?,13-/m0/s1. The summed E-state index contributed by atoms with van der Waals surface area (Å²) in [6, 6.07) is 6.26. The molecule has 0 saturated carbocycles. The fourth-order valence-corrected chi connectivity index (χ4v) is 3.47. The molecule has 1 rings (SSSR count). The van der Waals surface area contributed by atoms with Gasteiger partial charge in [-0.3, -0.25) is 0 Å². The zero-order chi connectivity index (χ0) is 15.2. The highest BCUT2D eigenvalue weighted by Gasteiger charge is 2.27. The Balaban J connectivity index is 3.18. The van der Waals surface area contributed by atoms with Crippen molar-refractivity contribution in [2.75, 3.05) is 13.2 Å². The second-order valence-corrected chi connectivity index (χ2v) is 6.68. The number of sulfonamides is 1. The van der Waals surface area contributed by atoms with E-state index in [-0.39, 0.29) is 18.0 Å². The third kappa shape index (κ3) is 4.30. The van der Waals surface area contributed by atoms with E-state index in [4.69, 9.17) is 5.11 Å². The summed E-state index contributed by atoms with van der Waals surface area (Å²) in [4.78, 5) is 1.75. The molecule has 0 aromatic heterocycles. The molecule has 1 atom stereocenters. The Bertz CT molecular complexity index is 589. The lowest BCUT2D eigenvalue weighted by Crippen LogP contribution is -2.39. The highest BCUT2D eigenvalue weighted by molar-refractivity contribution is 9.11. The molecule has 0 fully saturated rings.